The van der Waals surface area contributed by atoms with Gasteiger partial charge in [-0.3, -0.25) is 0 Å². The molecule has 0 aliphatic rings. The average molecular weight is 277 g/mol. The van der Waals surface area contributed by atoms with Crippen LogP contribution in [0, 0.1) is 0 Å². The highest BCUT2D eigenvalue weighted by Crippen LogP contribution is 2.18. The summed E-state index contributed by atoms with van der Waals surface area (Å²) in [5, 5.41) is 0. The highest BCUT2D eigenvalue weighted by Gasteiger charge is 2.18. The molecular formula is C17H31N3. The standard InChI is InChI=1S/C17H31N3/c1-6-15-8-10-16(11-9-15)17(18)14(2)20(5)13-7-12-19(3)4/h8-11,14,17H,6-7,12-13,18H2,1-5H3. The Morgan fingerprint density at radius 3 is 2.15 bits per heavy atom. The van der Waals surface area contributed by atoms with E-state index in [1.165, 1.54) is 17.5 Å². The summed E-state index contributed by atoms with van der Waals surface area (Å²) >= 11 is 0. The molecule has 1 aromatic carbocycles. The van der Waals surface area contributed by atoms with Crippen molar-refractivity contribution in [1.29, 1.82) is 0 Å². The molecule has 0 amide bonds. The monoisotopic (exact) mass is 277 g/mol. The number of aryl methyl sites for hydroxylation is 1. The Morgan fingerprint density at radius 2 is 1.65 bits per heavy atom. The first kappa shape index (κ1) is 17.2. The molecular weight excluding hydrogens is 246 g/mol. The molecule has 0 fully saturated rings. The fourth-order valence-corrected chi connectivity index (χ4v) is 2.37. The Balaban J connectivity index is 2.53. The van der Waals surface area contributed by atoms with Gasteiger partial charge in [-0.1, -0.05) is 31.2 Å². The lowest BCUT2D eigenvalue weighted by Gasteiger charge is -2.30. The van der Waals surface area contributed by atoms with Crippen molar-refractivity contribution in [2.24, 2.45) is 5.73 Å². The maximum absolute atomic E-state index is 6.41. The molecule has 2 unspecified atom stereocenters. The number of hydrogen-bond donors (Lipinski definition) is 1. The van der Waals surface area contributed by atoms with E-state index < -0.39 is 0 Å². The quantitative estimate of drug-likeness (QED) is 0.792. The van der Waals surface area contributed by atoms with E-state index in [9.17, 15) is 0 Å². The lowest BCUT2D eigenvalue weighted by atomic mass is 9.98. The third-order valence-corrected chi connectivity index (χ3v) is 4.10. The van der Waals surface area contributed by atoms with Crippen molar-refractivity contribution in [2.45, 2.75) is 38.8 Å². The van der Waals surface area contributed by atoms with E-state index in [2.05, 4.69) is 69.1 Å². The van der Waals surface area contributed by atoms with Gasteiger partial charge in [0.15, 0.2) is 0 Å². The Kier molecular flexibility index (Phi) is 7.20. The van der Waals surface area contributed by atoms with Crippen LogP contribution in [0.4, 0.5) is 0 Å². The zero-order chi connectivity index (χ0) is 15.1. The molecule has 0 spiro atoms. The third-order valence-electron chi connectivity index (χ3n) is 4.10. The molecule has 2 atom stereocenters. The van der Waals surface area contributed by atoms with Gasteiger partial charge in [0, 0.05) is 12.1 Å². The van der Waals surface area contributed by atoms with Gasteiger partial charge in [-0.25, -0.2) is 0 Å². The molecule has 114 valence electrons. The molecule has 1 rings (SSSR count). The zero-order valence-electron chi connectivity index (χ0n) is 13.8. The van der Waals surface area contributed by atoms with E-state index in [4.69, 9.17) is 5.73 Å². The SMILES string of the molecule is CCc1ccc(C(N)C(C)N(C)CCCN(C)C)cc1. The van der Waals surface area contributed by atoms with Crippen LogP contribution in [0.1, 0.15) is 37.4 Å². The van der Waals surface area contributed by atoms with Gasteiger partial charge in [0.1, 0.15) is 0 Å². The van der Waals surface area contributed by atoms with Crippen molar-refractivity contribution in [1.82, 2.24) is 9.80 Å². The summed E-state index contributed by atoms with van der Waals surface area (Å²) < 4.78 is 0. The number of hydrogen-bond acceptors (Lipinski definition) is 3. The topological polar surface area (TPSA) is 32.5 Å². The number of nitrogens with zero attached hydrogens (tertiary/aromatic N) is 2. The van der Waals surface area contributed by atoms with Crippen molar-refractivity contribution in [3.05, 3.63) is 35.4 Å². The molecule has 0 heterocycles. The second-order valence-electron chi connectivity index (χ2n) is 6.00. The second kappa shape index (κ2) is 8.40. The van der Waals surface area contributed by atoms with E-state index in [-0.39, 0.29) is 6.04 Å². The van der Waals surface area contributed by atoms with Crippen LogP contribution in [0.5, 0.6) is 0 Å². The predicted molar refractivity (Wildman–Crippen MR) is 88.0 cm³/mol. The van der Waals surface area contributed by atoms with Crippen LogP contribution >= 0.6 is 0 Å². The lowest BCUT2D eigenvalue weighted by Crippen LogP contribution is -2.39. The molecule has 2 N–H and O–H groups in total. The smallest absolute Gasteiger partial charge is 0.0450 e. The fraction of sp³-hybridized carbons (Fsp3) is 0.647. The van der Waals surface area contributed by atoms with Gasteiger partial charge in [-0.15, -0.1) is 0 Å². The van der Waals surface area contributed by atoms with E-state index in [0.717, 1.165) is 19.5 Å². The molecule has 0 bridgehead atoms. The van der Waals surface area contributed by atoms with Gasteiger partial charge in [-0.2, -0.15) is 0 Å². The minimum absolute atomic E-state index is 0.0743. The Hall–Kier alpha value is -0.900. The molecule has 1 aromatic rings. The van der Waals surface area contributed by atoms with Gasteiger partial charge < -0.3 is 15.5 Å². The van der Waals surface area contributed by atoms with Crippen LogP contribution in [-0.4, -0.2) is 50.1 Å². The van der Waals surface area contributed by atoms with Gasteiger partial charge in [0.25, 0.3) is 0 Å². The molecule has 0 aliphatic heterocycles. The normalized spacial score (nSPS) is 14.8. The first-order valence-corrected chi connectivity index (χ1v) is 7.65. The fourth-order valence-electron chi connectivity index (χ4n) is 2.37. The molecule has 0 saturated heterocycles. The highest BCUT2D eigenvalue weighted by atomic mass is 15.1. The number of likely N-dealkylation sites (N-methyl/N-ethyl adjacent to an activating group) is 1. The van der Waals surface area contributed by atoms with Crippen LogP contribution in [0.15, 0.2) is 24.3 Å². The largest absolute Gasteiger partial charge is 0.323 e. The second-order valence-corrected chi connectivity index (χ2v) is 6.00. The van der Waals surface area contributed by atoms with E-state index in [1.54, 1.807) is 0 Å². The minimum Gasteiger partial charge on any atom is -0.323 e. The summed E-state index contributed by atoms with van der Waals surface area (Å²) in [6.07, 6.45) is 2.25. The van der Waals surface area contributed by atoms with Crippen molar-refractivity contribution in [3.8, 4) is 0 Å². The number of nitrogens with two attached hydrogens (primary N) is 1. The van der Waals surface area contributed by atoms with Crippen molar-refractivity contribution < 1.29 is 0 Å². The third kappa shape index (κ3) is 5.23. The van der Waals surface area contributed by atoms with Crippen LogP contribution < -0.4 is 5.73 Å². The summed E-state index contributed by atoms with van der Waals surface area (Å²) in [6.45, 7) is 6.60. The maximum atomic E-state index is 6.41. The van der Waals surface area contributed by atoms with Gasteiger partial charge in [-0.05, 0) is 65.1 Å². The Bertz CT molecular complexity index is 372. The van der Waals surface area contributed by atoms with Crippen molar-refractivity contribution in [3.63, 3.8) is 0 Å². The maximum Gasteiger partial charge on any atom is 0.0450 e. The molecule has 3 nitrogen and oxygen atoms in total. The Labute approximate surface area is 124 Å². The molecule has 0 saturated carbocycles. The van der Waals surface area contributed by atoms with Crippen molar-refractivity contribution in [2.75, 3.05) is 34.2 Å². The molecule has 3 heteroatoms. The summed E-state index contributed by atoms with van der Waals surface area (Å²) in [6, 6.07) is 9.15. The highest BCUT2D eigenvalue weighted by molar-refractivity contribution is 5.25. The first-order chi connectivity index (χ1) is 9.45. The number of benzene rings is 1. The lowest BCUT2D eigenvalue weighted by molar-refractivity contribution is 0.215. The molecule has 0 aromatic heterocycles. The van der Waals surface area contributed by atoms with E-state index >= 15 is 0 Å². The zero-order valence-corrected chi connectivity index (χ0v) is 13.8. The van der Waals surface area contributed by atoms with Crippen LogP contribution in [0.3, 0.4) is 0 Å². The van der Waals surface area contributed by atoms with Gasteiger partial charge >= 0.3 is 0 Å². The van der Waals surface area contributed by atoms with E-state index in [0.29, 0.717) is 6.04 Å². The molecule has 0 aliphatic carbocycles. The average Bonchev–Trinajstić information content (AvgIpc) is 2.45. The minimum atomic E-state index is 0.0743. The molecule has 20 heavy (non-hydrogen) atoms. The van der Waals surface area contributed by atoms with E-state index in [1.807, 2.05) is 0 Å². The summed E-state index contributed by atoms with van der Waals surface area (Å²) in [5.41, 5.74) is 9.01. The summed E-state index contributed by atoms with van der Waals surface area (Å²) in [4.78, 5) is 4.59. The Morgan fingerprint density at radius 1 is 1.05 bits per heavy atom. The van der Waals surface area contributed by atoms with Gasteiger partial charge in [0.2, 0.25) is 0 Å². The van der Waals surface area contributed by atoms with Crippen LogP contribution in [0.25, 0.3) is 0 Å². The number of rotatable bonds is 8. The van der Waals surface area contributed by atoms with Gasteiger partial charge in [0.05, 0.1) is 0 Å². The van der Waals surface area contributed by atoms with Crippen LogP contribution in [0.2, 0.25) is 0 Å². The van der Waals surface area contributed by atoms with Crippen molar-refractivity contribution >= 4 is 0 Å². The van der Waals surface area contributed by atoms with Crippen LogP contribution in [-0.2, 0) is 6.42 Å². The summed E-state index contributed by atoms with van der Waals surface area (Å²) in [7, 11) is 6.40. The molecule has 0 radical (unpaired) electrons. The first-order valence-electron chi connectivity index (χ1n) is 7.65. The summed E-state index contributed by atoms with van der Waals surface area (Å²) in [5.74, 6) is 0. The predicted octanol–water partition coefficient (Wildman–Crippen LogP) is 2.52.